The van der Waals surface area contributed by atoms with Crippen LogP contribution in [0.3, 0.4) is 0 Å². The second-order valence-electron chi connectivity index (χ2n) is 7.72. The molecule has 1 aliphatic heterocycles. The van der Waals surface area contributed by atoms with Gasteiger partial charge in [0.15, 0.2) is 16.1 Å². The maximum Gasteiger partial charge on any atom is 0.297 e. The summed E-state index contributed by atoms with van der Waals surface area (Å²) in [7, 11) is 0. The zero-order valence-corrected chi connectivity index (χ0v) is 21.1. The first-order chi connectivity index (χ1) is 18.7. The third-order valence-electron chi connectivity index (χ3n) is 5.14. The molecule has 11 nitrogen and oxygen atoms in total. The van der Waals surface area contributed by atoms with Crippen molar-refractivity contribution in [1.82, 2.24) is 29.9 Å². The van der Waals surface area contributed by atoms with Gasteiger partial charge in [0.05, 0.1) is 0 Å². The number of thiazole rings is 2. The molecule has 0 atom stereocenters. The molecule has 0 aliphatic carbocycles. The number of amidine groups is 1. The van der Waals surface area contributed by atoms with E-state index in [9.17, 15) is 4.79 Å². The van der Waals surface area contributed by atoms with Crippen LogP contribution >= 0.6 is 22.7 Å². The normalized spacial score (nSPS) is 14.0. The lowest BCUT2D eigenvalue weighted by molar-refractivity contribution is -0.121. The third-order valence-corrected chi connectivity index (χ3v) is 6.52. The van der Waals surface area contributed by atoms with Crippen LogP contribution in [0.15, 0.2) is 94.5 Å². The summed E-state index contributed by atoms with van der Waals surface area (Å²) >= 11 is 2.80. The van der Waals surface area contributed by atoms with Crippen molar-refractivity contribution in [3.8, 4) is 0 Å². The van der Waals surface area contributed by atoms with Gasteiger partial charge in [-0.3, -0.25) is 20.9 Å². The van der Waals surface area contributed by atoms with Crippen molar-refractivity contribution in [3.63, 3.8) is 0 Å². The van der Waals surface area contributed by atoms with Crippen molar-refractivity contribution in [1.29, 1.82) is 0 Å². The number of rotatable bonds is 8. The molecule has 0 saturated heterocycles. The van der Waals surface area contributed by atoms with Gasteiger partial charge in [-0.2, -0.15) is 20.0 Å². The standard InChI is InChI=1S/C25H18N10OS2/c36-20-18(15-16-7-3-1-4-8-16)28-19(17-9-5-2-6-10-17)35(20)34-23-30-21(32-24-26-11-13-37-24)29-22(31-23)33-25-27-12-14-38-25/h1-15H,(H3,26,27,29,30,31,32,33,34)/b18-15+. The van der Waals surface area contributed by atoms with Gasteiger partial charge >= 0.3 is 0 Å². The van der Waals surface area contributed by atoms with Crippen LogP contribution < -0.4 is 16.1 Å². The van der Waals surface area contributed by atoms with Crippen molar-refractivity contribution in [3.05, 3.63) is 101 Å². The highest BCUT2D eigenvalue weighted by Gasteiger charge is 2.32. The second-order valence-corrected chi connectivity index (χ2v) is 9.51. The highest BCUT2D eigenvalue weighted by Crippen LogP contribution is 2.25. The summed E-state index contributed by atoms with van der Waals surface area (Å²) in [5.74, 6) is 0.665. The Morgan fingerprint density at radius 1 is 0.737 bits per heavy atom. The Morgan fingerprint density at radius 2 is 1.32 bits per heavy atom. The molecule has 0 bridgehead atoms. The van der Waals surface area contributed by atoms with Gasteiger partial charge in [0.25, 0.3) is 5.91 Å². The smallest absolute Gasteiger partial charge is 0.297 e. The molecule has 0 radical (unpaired) electrons. The third kappa shape index (κ3) is 5.23. The lowest BCUT2D eigenvalue weighted by Gasteiger charge is -2.19. The molecule has 0 spiro atoms. The van der Waals surface area contributed by atoms with E-state index in [1.165, 1.54) is 27.7 Å². The topological polar surface area (TPSA) is 133 Å². The zero-order valence-electron chi connectivity index (χ0n) is 19.5. The van der Waals surface area contributed by atoms with Crippen LogP contribution in [0.5, 0.6) is 0 Å². The highest BCUT2D eigenvalue weighted by molar-refractivity contribution is 7.13. The number of benzene rings is 2. The van der Waals surface area contributed by atoms with Crippen LogP contribution in [-0.2, 0) is 4.79 Å². The average Bonchev–Trinajstić information content (AvgIpc) is 3.70. The van der Waals surface area contributed by atoms with Gasteiger partial charge in [-0.05, 0) is 11.6 Å². The molecule has 4 heterocycles. The largest absolute Gasteiger partial charge is 0.300 e. The van der Waals surface area contributed by atoms with E-state index in [0.717, 1.165) is 11.1 Å². The summed E-state index contributed by atoms with van der Waals surface area (Å²) in [6.07, 6.45) is 5.09. The van der Waals surface area contributed by atoms with Gasteiger partial charge in [0.2, 0.25) is 17.8 Å². The van der Waals surface area contributed by atoms with Gasteiger partial charge in [0.1, 0.15) is 5.70 Å². The molecule has 3 aromatic heterocycles. The summed E-state index contributed by atoms with van der Waals surface area (Å²) in [5, 5.41) is 12.4. The molecule has 0 fully saturated rings. The van der Waals surface area contributed by atoms with Crippen LogP contribution in [0.25, 0.3) is 6.08 Å². The Balaban J connectivity index is 1.36. The van der Waals surface area contributed by atoms with Crippen LogP contribution in [-0.4, -0.2) is 41.7 Å². The molecular weight excluding hydrogens is 520 g/mol. The van der Waals surface area contributed by atoms with E-state index >= 15 is 0 Å². The number of aliphatic imine (C=N–C) groups is 1. The summed E-state index contributed by atoms with van der Waals surface area (Å²) in [6.45, 7) is 0. The minimum Gasteiger partial charge on any atom is -0.300 e. The number of nitrogens with zero attached hydrogens (tertiary/aromatic N) is 7. The molecule has 1 amide bonds. The van der Waals surface area contributed by atoms with Crippen LogP contribution in [0.1, 0.15) is 11.1 Å². The quantitative estimate of drug-likeness (QED) is 0.235. The number of nitrogens with one attached hydrogen (secondary N) is 3. The lowest BCUT2D eigenvalue weighted by atomic mass is 10.2. The molecule has 6 rings (SSSR count). The van der Waals surface area contributed by atoms with Gasteiger partial charge < -0.3 is 0 Å². The maximum absolute atomic E-state index is 13.5. The fourth-order valence-corrected chi connectivity index (χ4v) is 4.55. The minimum atomic E-state index is -0.350. The summed E-state index contributed by atoms with van der Waals surface area (Å²) in [4.78, 5) is 40.0. The summed E-state index contributed by atoms with van der Waals surface area (Å²) < 4.78 is 0. The van der Waals surface area contributed by atoms with Gasteiger partial charge in [-0.25, -0.2) is 15.0 Å². The molecule has 5 aromatic rings. The van der Waals surface area contributed by atoms with E-state index in [4.69, 9.17) is 0 Å². The number of aromatic nitrogens is 5. The van der Waals surface area contributed by atoms with E-state index in [-0.39, 0.29) is 29.4 Å². The molecule has 186 valence electrons. The van der Waals surface area contributed by atoms with E-state index in [0.29, 0.717) is 16.1 Å². The van der Waals surface area contributed by atoms with Crippen molar-refractivity contribution in [2.75, 3.05) is 16.1 Å². The second kappa shape index (κ2) is 10.5. The van der Waals surface area contributed by atoms with Gasteiger partial charge in [0, 0.05) is 28.7 Å². The lowest BCUT2D eigenvalue weighted by Crippen LogP contribution is -2.38. The molecule has 13 heteroatoms. The summed E-state index contributed by atoms with van der Waals surface area (Å²) in [5.41, 5.74) is 4.92. The number of hydrazine groups is 1. The first-order valence-corrected chi connectivity index (χ1v) is 13.1. The van der Waals surface area contributed by atoms with Crippen LogP contribution in [0.2, 0.25) is 0 Å². The van der Waals surface area contributed by atoms with Crippen molar-refractivity contribution in [2.45, 2.75) is 0 Å². The fraction of sp³-hybridized carbons (Fsp3) is 0. The average molecular weight is 539 g/mol. The van der Waals surface area contributed by atoms with Crippen molar-refractivity contribution < 1.29 is 4.79 Å². The van der Waals surface area contributed by atoms with Crippen molar-refractivity contribution >= 4 is 68.6 Å². The van der Waals surface area contributed by atoms with Crippen molar-refractivity contribution in [2.24, 2.45) is 4.99 Å². The molecular formula is C25H18N10OS2. The Hall–Kier alpha value is -5.01. The number of anilines is 5. The maximum atomic E-state index is 13.5. The predicted octanol–water partition coefficient (Wildman–Crippen LogP) is 4.93. The Morgan fingerprint density at radius 3 is 1.89 bits per heavy atom. The highest BCUT2D eigenvalue weighted by atomic mass is 32.1. The van der Waals surface area contributed by atoms with Crippen LogP contribution in [0, 0.1) is 0 Å². The number of hydrogen-bond donors (Lipinski definition) is 3. The van der Waals surface area contributed by atoms with E-state index < -0.39 is 0 Å². The zero-order chi connectivity index (χ0) is 25.7. The number of carbonyl (C=O) groups excluding carboxylic acids is 1. The Kier molecular flexibility index (Phi) is 6.49. The summed E-state index contributed by atoms with van der Waals surface area (Å²) in [6, 6.07) is 19.0. The number of hydrogen-bond acceptors (Lipinski definition) is 12. The van der Waals surface area contributed by atoms with Crippen LogP contribution in [0.4, 0.5) is 28.1 Å². The Bertz CT molecular complexity index is 1550. The van der Waals surface area contributed by atoms with E-state index in [2.05, 4.69) is 46.0 Å². The molecule has 0 saturated carbocycles. The SMILES string of the molecule is O=C1/C(=C\c2ccccc2)N=C(c2ccccc2)N1Nc1nc(Nc2nccs2)nc(Nc2nccs2)n1. The monoisotopic (exact) mass is 538 g/mol. The number of carbonyl (C=O) groups is 1. The molecule has 2 aromatic carbocycles. The van der Waals surface area contributed by atoms with E-state index in [1.54, 1.807) is 18.5 Å². The number of amides is 1. The Labute approximate surface area is 224 Å². The first-order valence-electron chi connectivity index (χ1n) is 11.3. The van der Waals surface area contributed by atoms with Gasteiger partial charge in [-0.1, -0.05) is 60.7 Å². The first kappa shape index (κ1) is 23.4. The van der Waals surface area contributed by atoms with Gasteiger partial charge in [-0.15, -0.1) is 22.7 Å². The molecule has 38 heavy (non-hydrogen) atoms. The molecule has 3 N–H and O–H groups in total. The predicted molar refractivity (Wildman–Crippen MR) is 148 cm³/mol. The molecule has 0 unspecified atom stereocenters. The molecule has 1 aliphatic rings. The minimum absolute atomic E-state index is 0.121. The van der Waals surface area contributed by atoms with E-state index in [1.807, 2.05) is 71.4 Å². The fourth-order valence-electron chi connectivity index (χ4n) is 3.51.